The molecule has 0 aliphatic heterocycles. The first-order valence-corrected chi connectivity index (χ1v) is 6.38. The summed E-state index contributed by atoms with van der Waals surface area (Å²) >= 11 is 1.77. The molecule has 0 amide bonds. The van der Waals surface area contributed by atoms with Gasteiger partial charge in [-0.15, -0.1) is 11.3 Å². The lowest BCUT2D eigenvalue weighted by Gasteiger charge is -2.11. The van der Waals surface area contributed by atoms with E-state index in [0.717, 1.165) is 13.0 Å². The number of hydrogen-bond acceptors (Lipinski definition) is 3. The smallest absolute Gasteiger partial charge is 0.0731 e. The lowest BCUT2D eigenvalue weighted by molar-refractivity contribution is 0.0471. The van der Waals surface area contributed by atoms with E-state index in [1.807, 2.05) is 0 Å². The van der Waals surface area contributed by atoms with Crippen molar-refractivity contribution in [2.45, 2.75) is 52.9 Å². The van der Waals surface area contributed by atoms with E-state index in [0.29, 0.717) is 12.6 Å². The second kappa shape index (κ2) is 6.26. The fourth-order valence-electron chi connectivity index (χ4n) is 1.55. The van der Waals surface area contributed by atoms with E-state index in [-0.39, 0.29) is 0 Å². The van der Waals surface area contributed by atoms with Crippen LogP contribution in [0.15, 0.2) is 6.07 Å². The Morgan fingerprint density at radius 1 is 1.53 bits per heavy atom. The van der Waals surface area contributed by atoms with E-state index in [1.54, 1.807) is 11.3 Å². The molecule has 15 heavy (non-hydrogen) atoms. The molecule has 1 aromatic rings. The largest absolute Gasteiger partial charge is 0.374 e. The number of thiophene rings is 1. The third-order valence-electron chi connectivity index (χ3n) is 2.49. The molecule has 0 saturated heterocycles. The Morgan fingerprint density at radius 3 is 2.80 bits per heavy atom. The second-order valence-electron chi connectivity index (χ2n) is 3.91. The van der Waals surface area contributed by atoms with Gasteiger partial charge < -0.3 is 10.5 Å². The van der Waals surface area contributed by atoms with Gasteiger partial charge in [-0.2, -0.15) is 0 Å². The van der Waals surface area contributed by atoms with Gasteiger partial charge in [0.2, 0.25) is 0 Å². The van der Waals surface area contributed by atoms with Gasteiger partial charge in [-0.25, -0.2) is 0 Å². The van der Waals surface area contributed by atoms with Crippen LogP contribution in [-0.4, -0.2) is 6.10 Å². The molecule has 0 aliphatic carbocycles. The standard InChI is InChI=1S/C12H21NOS/c1-4-5-9(2)14-8-11-6-12(7-13)15-10(11)3/h6,9H,4-5,7-8,13H2,1-3H3. The van der Waals surface area contributed by atoms with Gasteiger partial charge in [0.1, 0.15) is 0 Å². The minimum absolute atomic E-state index is 0.357. The summed E-state index contributed by atoms with van der Waals surface area (Å²) in [6, 6.07) is 2.17. The number of hydrogen-bond donors (Lipinski definition) is 1. The molecule has 0 radical (unpaired) electrons. The summed E-state index contributed by atoms with van der Waals surface area (Å²) in [4.78, 5) is 2.58. The van der Waals surface area contributed by atoms with Gasteiger partial charge in [-0.05, 0) is 31.9 Å². The molecule has 1 atom stereocenters. The maximum atomic E-state index is 5.77. The van der Waals surface area contributed by atoms with Gasteiger partial charge >= 0.3 is 0 Å². The predicted molar refractivity (Wildman–Crippen MR) is 66.1 cm³/mol. The summed E-state index contributed by atoms with van der Waals surface area (Å²) < 4.78 is 5.77. The zero-order valence-electron chi connectivity index (χ0n) is 9.88. The number of aryl methyl sites for hydroxylation is 1. The molecule has 0 fully saturated rings. The second-order valence-corrected chi connectivity index (χ2v) is 5.25. The van der Waals surface area contributed by atoms with Crippen molar-refractivity contribution in [3.8, 4) is 0 Å². The molecule has 1 rings (SSSR count). The maximum absolute atomic E-state index is 5.77. The highest BCUT2D eigenvalue weighted by atomic mass is 32.1. The molecule has 1 aromatic heterocycles. The minimum Gasteiger partial charge on any atom is -0.374 e. The van der Waals surface area contributed by atoms with Crippen molar-refractivity contribution in [1.82, 2.24) is 0 Å². The predicted octanol–water partition coefficient (Wildman–Crippen LogP) is 3.22. The normalized spacial score (nSPS) is 13.1. The quantitative estimate of drug-likeness (QED) is 0.810. The Bertz CT molecular complexity index is 296. The fraction of sp³-hybridized carbons (Fsp3) is 0.667. The first kappa shape index (κ1) is 12.7. The molecule has 0 spiro atoms. The molecule has 0 bridgehead atoms. The van der Waals surface area contributed by atoms with Crippen molar-refractivity contribution in [1.29, 1.82) is 0 Å². The van der Waals surface area contributed by atoms with Crippen LogP contribution in [0.2, 0.25) is 0 Å². The van der Waals surface area contributed by atoms with E-state index in [1.165, 1.54) is 21.7 Å². The first-order chi connectivity index (χ1) is 7.17. The zero-order valence-corrected chi connectivity index (χ0v) is 10.7. The van der Waals surface area contributed by atoms with E-state index < -0.39 is 0 Å². The van der Waals surface area contributed by atoms with E-state index in [4.69, 9.17) is 10.5 Å². The van der Waals surface area contributed by atoms with Crippen molar-refractivity contribution < 1.29 is 4.74 Å². The molecule has 0 aliphatic rings. The van der Waals surface area contributed by atoms with E-state index in [2.05, 4.69) is 26.8 Å². The van der Waals surface area contributed by atoms with Crippen LogP contribution in [0.5, 0.6) is 0 Å². The lowest BCUT2D eigenvalue weighted by atomic mass is 10.2. The van der Waals surface area contributed by atoms with Crippen molar-refractivity contribution in [3.63, 3.8) is 0 Å². The SMILES string of the molecule is CCCC(C)OCc1cc(CN)sc1C. The summed E-state index contributed by atoms with van der Waals surface area (Å²) in [6.07, 6.45) is 2.67. The number of rotatable bonds is 6. The first-order valence-electron chi connectivity index (χ1n) is 5.57. The third kappa shape index (κ3) is 3.93. The Hall–Kier alpha value is -0.380. The molecule has 2 N–H and O–H groups in total. The Morgan fingerprint density at radius 2 is 2.27 bits per heavy atom. The third-order valence-corrected chi connectivity index (χ3v) is 3.61. The highest BCUT2D eigenvalue weighted by molar-refractivity contribution is 7.12. The molecule has 3 heteroatoms. The monoisotopic (exact) mass is 227 g/mol. The molecule has 1 heterocycles. The molecule has 86 valence electrons. The highest BCUT2D eigenvalue weighted by Crippen LogP contribution is 2.22. The Labute approximate surface area is 96.4 Å². The van der Waals surface area contributed by atoms with Crippen LogP contribution in [0.3, 0.4) is 0 Å². The number of nitrogens with two attached hydrogens (primary N) is 1. The van der Waals surface area contributed by atoms with Gasteiger partial charge in [0.15, 0.2) is 0 Å². The molecule has 2 nitrogen and oxygen atoms in total. The number of ether oxygens (including phenoxy) is 1. The van der Waals surface area contributed by atoms with Gasteiger partial charge in [-0.3, -0.25) is 0 Å². The summed E-state index contributed by atoms with van der Waals surface area (Å²) in [5.74, 6) is 0. The van der Waals surface area contributed by atoms with E-state index in [9.17, 15) is 0 Å². The van der Waals surface area contributed by atoms with Crippen LogP contribution in [0.25, 0.3) is 0 Å². The van der Waals surface area contributed by atoms with Gasteiger partial charge in [0.25, 0.3) is 0 Å². The van der Waals surface area contributed by atoms with Crippen molar-refractivity contribution in [2.24, 2.45) is 5.73 Å². The summed E-state index contributed by atoms with van der Waals surface area (Å²) in [5.41, 5.74) is 6.90. The Kier molecular flexibility index (Phi) is 5.29. The van der Waals surface area contributed by atoms with Crippen LogP contribution in [0.1, 0.15) is 42.0 Å². The van der Waals surface area contributed by atoms with Crippen LogP contribution < -0.4 is 5.73 Å². The zero-order chi connectivity index (χ0) is 11.3. The highest BCUT2D eigenvalue weighted by Gasteiger charge is 2.06. The molecular weight excluding hydrogens is 206 g/mol. The summed E-state index contributed by atoms with van der Waals surface area (Å²) in [6.45, 7) is 7.81. The fourth-order valence-corrected chi connectivity index (χ4v) is 2.48. The van der Waals surface area contributed by atoms with Gasteiger partial charge in [-0.1, -0.05) is 13.3 Å². The minimum atomic E-state index is 0.357. The van der Waals surface area contributed by atoms with Gasteiger partial charge in [0.05, 0.1) is 12.7 Å². The topological polar surface area (TPSA) is 35.2 Å². The van der Waals surface area contributed by atoms with Crippen molar-refractivity contribution in [2.75, 3.05) is 0 Å². The molecule has 0 aromatic carbocycles. The maximum Gasteiger partial charge on any atom is 0.0731 e. The van der Waals surface area contributed by atoms with Crippen LogP contribution in [-0.2, 0) is 17.9 Å². The average molecular weight is 227 g/mol. The van der Waals surface area contributed by atoms with Crippen LogP contribution >= 0.6 is 11.3 Å². The summed E-state index contributed by atoms with van der Waals surface area (Å²) in [7, 11) is 0. The lowest BCUT2D eigenvalue weighted by Crippen LogP contribution is -2.07. The van der Waals surface area contributed by atoms with Gasteiger partial charge in [0, 0.05) is 16.3 Å². The van der Waals surface area contributed by atoms with E-state index >= 15 is 0 Å². The molecular formula is C12H21NOS. The molecule has 1 unspecified atom stereocenters. The van der Waals surface area contributed by atoms with Crippen molar-refractivity contribution in [3.05, 3.63) is 21.4 Å². The summed E-state index contributed by atoms with van der Waals surface area (Å²) in [5, 5.41) is 0. The van der Waals surface area contributed by atoms with Crippen molar-refractivity contribution >= 4 is 11.3 Å². The Balaban J connectivity index is 2.46. The van der Waals surface area contributed by atoms with Crippen LogP contribution in [0, 0.1) is 6.92 Å². The van der Waals surface area contributed by atoms with Crippen LogP contribution in [0.4, 0.5) is 0 Å². The average Bonchev–Trinajstić information content (AvgIpc) is 2.57. The molecule has 0 saturated carbocycles.